The molecule has 2 aliphatic rings. The summed E-state index contributed by atoms with van der Waals surface area (Å²) < 4.78 is 0. The zero-order valence-electron chi connectivity index (χ0n) is 14.7. The third kappa shape index (κ3) is 5.22. The summed E-state index contributed by atoms with van der Waals surface area (Å²) >= 11 is 0. The third-order valence-corrected chi connectivity index (χ3v) is 5.72. The van der Waals surface area contributed by atoms with E-state index >= 15 is 0 Å². The first-order valence-electron chi connectivity index (χ1n) is 9.27. The number of amides is 1. The van der Waals surface area contributed by atoms with E-state index in [1.807, 2.05) is 0 Å². The molecule has 2 fully saturated rings. The van der Waals surface area contributed by atoms with Gasteiger partial charge in [0.05, 0.1) is 0 Å². The molecular formula is C20H31ClN2O. The van der Waals surface area contributed by atoms with Crippen molar-refractivity contribution in [2.24, 2.45) is 11.8 Å². The van der Waals surface area contributed by atoms with Gasteiger partial charge in [0.25, 0.3) is 0 Å². The molecule has 0 aromatic heterocycles. The van der Waals surface area contributed by atoms with Gasteiger partial charge in [0, 0.05) is 12.5 Å². The van der Waals surface area contributed by atoms with Gasteiger partial charge in [-0.05, 0) is 68.5 Å². The van der Waals surface area contributed by atoms with E-state index < -0.39 is 0 Å². The summed E-state index contributed by atoms with van der Waals surface area (Å²) in [5.74, 6) is 2.08. The fourth-order valence-corrected chi connectivity index (χ4v) is 4.18. The summed E-state index contributed by atoms with van der Waals surface area (Å²) in [6.45, 7) is 4.27. The van der Waals surface area contributed by atoms with Crippen LogP contribution in [0.5, 0.6) is 0 Å². The maximum Gasteiger partial charge on any atom is 0.220 e. The van der Waals surface area contributed by atoms with Crippen LogP contribution >= 0.6 is 12.4 Å². The molecule has 0 radical (unpaired) electrons. The van der Waals surface area contributed by atoms with Crippen LogP contribution in [0.15, 0.2) is 30.3 Å². The van der Waals surface area contributed by atoms with Crippen LogP contribution in [0.4, 0.5) is 0 Å². The number of halogens is 1. The topological polar surface area (TPSA) is 41.1 Å². The van der Waals surface area contributed by atoms with E-state index in [0.717, 1.165) is 25.9 Å². The van der Waals surface area contributed by atoms with Crippen molar-refractivity contribution in [3.63, 3.8) is 0 Å². The first-order valence-corrected chi connectivity index (χ1v) is 9.27. The van der Waals surface area contributed by atoms with Crippen molar-refractivity contribution in [2.45, 2.75) is 57.4 Å². The summed E-state index contributed by atoms with van der Waals surface area (Å²) in [5.41, 5.74) is 1.47. The van der Waals surface area contributed by atoms with Gasteiger partial charge in [-0.3, -0.25) is 4.79 Å². The minimum atomic E-state index is 0. The Morgan fingerprint density at radius 2 is 1.83 bits per heavy atom. The van der Waals surface area contributed by atoms with Crippen molar-refractivity contribution >= 4 is 18.3 Å². The minimum Gasteiger partial charge on any atom is -0.353 e. The summed E-state index contributed by atoms with van der Waals surface area (Å²) in [5, 5.41) is 6.67. The molecule has 1 heterocycles. The molecule has 4 heteroatoms. The maximum absolute atomic E-state index is 12.3. The van der Waals surface area contributed by atoms with Crippen LogP contribution in [0.3, 0.4) is 0 Å². The van der Waals surface area contributed by atoms with E-state index in [1.165, 1.54) is 31.2 Å². The average molecular weight is 351 g/mol. The zero-order valence-corrected chi connectivity index (χ0v) is 15.5. The number of hydrogen-bond acceptors (Lipinski definition) is 2. The molecule has 0 spiro atoms. The molecule has 1 saturated carbocycles. The molecule has 2 unspecified atom stereocenters. The van der Waals surface area contributed by atoms with E-state index in [0.29, 0.717) is 23.8 Å². The highest BCUT2D eigenvalue weighted by Crippen LogP contribution is 2.36. The Labute approximate surface area is 152 Å². The van der Waals surface area contributed by atoms with E-state index in [1.54, 1.807) is 0 Å². The van der Waals surface area contributed by atoms with Gasteiger partial charge in [-0.25, -0.2) is 0 Å². The first-order chi connectivity index (χ1) is 11.2. The van der Waals surface area contributed by atoms with Crippen LogP contribution in [0, 0.1) is 11.8 Å². The first kappa shape index (κ1) is 19.3. The normalized spacial score (nSPS) is 30.2. The summed E-state index contributed by atoms with van der Waals surface area (Å²) in [7, 11) is 0. The number of benzene rings is 1. The SMILES string of the molecule is CC1CNCCC1NC(=O)CC1CCC(c2ccccc2)CC1.Cl. The van der Waals surface area contributed by atoms with Gasteiger partial charge in [0.1, 0.15) is 0 Å². The van der Waals surface area contributed by atoms with Gasteiger partial charge in [-0.1, -0.05) is 37.3 Å². The Morgan fingerprint density at radius 3 is 2.50 bits per heavy atom. The Kier molecular flexibility index (Phi) is 7.57. The van der Waals surface area contributed by atoms with Crippen LogP contribution in [0.1, 0.15) is 56.9 Å². The summed E-state index contributed by atoms with van der Waals surface area (Å²) in [6.07, 6.45) is 6.62. The number of hydrogen-bond donors (Lipinski definition) is 2. The fraction of sp³-hybridized carbons (Fsp3) is 0.650. The van der Waals surface area contributed by atoms with Gasteiger partial charge < -0.3 is 10.6 Å². The number of carbonyl (C=O) groups is 1. The molecule has 134 valence electrons. The largest absolute Gasteiger partial charge is 0.353 e. The van der Waals surface area contributed by atoms with Gasteiger partial charge in [-0.15, -0.1) is 12.4 Å². The molecule has 3 rings (SSSR count). The molecular weight excluding hydrogens is 320 g/mol. The van der Waals surface area contributed by atoms with Crippen LogP contribution in [0.25, 0.3) is 0 Å². The number of nitrogens with one attached hydrogen (secondary N) is 2. The molecule has 0 bridgehead atoms. The third-order valence-electron chi connectivity index (χ3n) is 5.72. The number of carbonyl (C=O) groups excluding carboxylic acids is 1. The molecule has 2 N–H and O–H groups in total. The Bertz CT molecular complexity index is 500. The van der Waals surface area contributed by atoms with Gasteiger partial charge >= 0.3 is 0 Å². The van der Waals surface area contributed by atoms with Crippen molar-refractivity contribution < 1.29 is 4.79 Å². The second-order valence-corrected chi connectivity index (χ2v) is 7.48. The predicted molar refractivity (Wildman–Crippen MR) is 102 cm³/mol. The molecule has 1 saturated heterocycles. The van der Waals surface area contributed by atoms with Gasteiger partial charge in [0.2, 0.25) is 5.91 Å². The summed E-state index contributed by atoms with van der Waals surface area (Å²) in [6, 6.07) is 11.2. The lowest BCUT2D eigenvalue weighted by atomic mass is 9.77. The molecule has 1 aromatic carbocycles. The van der Waals surface area contributed by atoms with E-state index in [4.69, 9.17) is 0 Å². The van der Waals surface area contributed by atoms with Crippen molar-refractivity contribution in [3.05, 3.63) is 35.9 Å². The standard InChI is InChI=1S/C20H30N2O.ClH/c1-15-14-21-12-11-19(15)22-20(23)13-16-7-9-18(10-8-16)17-5-3-2-4-6-17;/h2-6,15-16,18-19,21H,7-14H2,1H3,(H,22,23);1H. The molecule has 1 amide bonds. The molecule has 1 aliphatic carbocycles. The highest BCUT2D eigenvalue weighted by molar-refractivity contribution is 5.85. The van der Waals surface area contributed by atoms with E-state index in [2.05, 4.69) is 47.9 Å². The predicted octanol–water partition coefficient (Wildman–Crippen LogP) is 3.89. The monoisotopic (exact) mass is 350 g/mol. The Balaban J connectivity index is 0.00000208. The smallest absolute Gasteiger partial charge is 0.220 e. The van der Waals surface area contributed by atoms with Crippen LogP contribution < -0.4 is 10.6 Å². The lowest BCUT2D eigenvalue weighted by Crippen LogP contribution is -2.48. The highest BCUT2D eigenvalue weighted by Gasteiger charge is 2.26. The second-order valence-electron chi connectivity index (χ2n) is 7.48. The van der Waals surface area contributed by atoms with E-state index in [-0.39, 0.29) is 18.3 Å². The fourth-order valence-electron chi connectivity index (χ4n) is 4.18. The van der Waals surface area contributed by atoms with Crippen molar-refractivity contribution in [3.8, 4) is 0 Å². The average Bonchev–Trinajstić information content (AvgIpc) is 2.58. The summed E-state index contributed by atoms with van der Waals surface area (Å²) in [4.78, 5) is 12.3. The molecule has 1 aromatic rings. The molecule has 24 heavy (non-hydrogen) atoms. The quantitative estimate of drug-likeness (QED) is 0.865. The minimum absolute atomic E-state index is 0. The van der Waals surface area contributed by atoms with Crippen molar-refractivity contribution in [1.82, 2.24) is 10.6 Å². The second kappa shape index (κ2) is 9.43. The van der Waals surface area contributed by atoms with Gasteiger partial charge in [-0.2, -0.15) is 0 Å². The number of piperidine rings is 1. The molecule has 3 nitrogen and oxygen atoms in total. The van der Waals surface area contributed by atoms with Crippen LogP contribution in [-0.4, -0.2) is 25.0 Å². The van der Waals surface area contributed by atoms with E-state index in [9.17, 15) is 4.79 Å². The Morgan fingerprint density at radius 1 is 1.12 bits per heavy atom. The highest BCUT2D eigenvalue weighted by atomic mass is 35.5. The lowest BCUT2D eigenvalue weighted by Gasteiger charge is -2.32. The van der Waals surface area contributed by atoms with Crippen molar-refractivity contribution in [2.75, 3.05) is 13.1 Å². The van der Waals surface area contributed by atoms with Crippen molar-refractivity contribution in [1.29, 1.82) is 0 Å². The van der Waals surface area contributed by atoms with Gasteiger partial charge in [0.15, 0.2) is 0 Å². The van der Waals surface area contributed by atoms with Crippen LogP contribution in [0.2, 0.25) is 0 Å². The number of rotatable bonds is 4. The lowest BCUT2D eigenvalue weighted by molar-refractivity contribution is -0.123. The molecule has 2 atom stereocenters. The van der Waals surface area contributed by atoms with Crippen LogP contribution in [-0.2, 0) is 4.79 Å². The Hall–Kier alpha value is -1.06. The molecule has 1 aliphatic heterocycles. The maximum atomic E-state index is 12.3. The zero-order chi connectivity index (χ0) is 16.1.